The molecule has 3 heterocycles. The highest BCUT2D eigenvalue weighted by Gasteiger charge is 2.37. The van der Waals surface area contributed by atoms with Crippen molar-refractivity contribution >= 4 is 29.1 Å². The predicted molar refractivity (Wildman–Crippen MR) is 170 cm³/mol. The Morgan fingerprint density at radius 2 is 1.71 bits per heavy atom. The average Bonchev–Trinajstić information content (AvgIpc) is 3.93. The Morgan fingerprint density at radius 3 is 2.38 bits per heavy atom. The maximum atomic E-state index is 13.5. The third-order valence-electron chi connectivity index (χ3n) is 8.40. The molecule has 230 valence electrons. The number of pyridine rings is 2. The van der Waals surface area contributed by atoms with Gasteiger partial charge in [-0.1, -0.05) is 36.4 Å². The topological polar surface area (TPSA) is 133 Å². The molecule has 2 aliphatic rings. The van der Waals surface area contributed by atoms with Crippen molar-refractivity contribution in [2.75, 3.05) is 36.0 Å². The minimum Gasteiger partial charge on any atom is -0.481 e. The lowest BCUT2D eigenvalue weighted by Gasteiger charge is -2.36. The molecule has 1 aliphatic carbocycles. The highest BCUT2D eigenvalue weighted by Crippen LogP contribution is 2.37. The molecule has 1 aliphatic heterocycles. The van der Waals surface area contributed by atoms with E-state index in [1.807, 2.05) is 59.5 Å². The van der Waals surface area contributed by atoms with Crippen LogP contribution in [0.5, 0.6) is 0 Å². The van der Waals surface area contributed by atoms with Crippen LogP contribution in [-0.4, -0.2) is 63.0 Å². The number of nitrogens with zero attached hydrogens (tertiary/aromatic N) is 6. The van der Waals surface area contributed by atoms with E-state index in [-0.39, 0.29) is 35.4 Å². The van der Waals surface area contributed by atoms with Crippen LogP contribution in [0.2, 0.25) is 0 Å². The number of benzene rings is 2. The van der Waals surface area contributed by atoms with Crippen LogP contribution in [-0.2, 0) is 16.1 Å². The van der Waals surface area contributed by atoms with Gasteiger partial charge in [0.2, 0.25) is 5.91 Å². The average molecular weight is 607 g/mol. The van der Waals surface area contributed by atoms with Crippen molar-refractivity contribution in [2.45, 2.75) is 31.8 Å². The molecule has 1 atom stereocenters. The molecule has 2 fully saturated rings. The van der Waals surface area contributed by atoms with Gasteiger partial charge in [0.1, 0.15) is 11.5 Å². The Hall–Kier alpha value is -5.32. The molecule has 1 amide bonds. The van der Waals surface area contributed by atoms with Crippen LogP contribution >= 0.6 is 0 Å². The minimum absolute atomic E-state index is 0.0350. The molecule has 2 aromatic heterocycles. The monoisotopic (exact) mass is 606 g/mol. The fourth-order valence-electron chi connectivity index (χ4n) is 5.93. The molecule has 1 unspecified atom stereocenters. The van der Waals surface area contributed by atoms with E-state index < -0.39 is 12.0 Å². The molecule has 0 bridgehead atoms. The lowest BCUT2D eigenvalue weighted by Crippen LogP contribution is -2.47. The third kappa shape index (κ3) is 6.93. The first kappa shape index (κ1) is 29.7. The van der Waals surface area contributed by atoms with Gasteiger partial charge < -0.3 is 19.8 Å². The number of anilines is 2. The number of aromatic nitrogens is 2. The summed E-state index contributed by atoms with van der Waals surface area (Å²) >= 11 is 0. The summed E-state index contributed by atoms with van der Waals surface area (Å²) in [5.41, 5.74) is 3.55. The fraction of sp³-hybridized carbons (Fsp3) is 0.294. The lowest BCUT2D eigenvalue weighted by molar-refractivity contribution is -0.384. The first-order valence-corrected chi connectivity index (χ1v) is 15.1. The van der Waals surface area contributed by atoms with Crippen molar-refractivity contribution in [3.05, 3.63) is 113 Å². The van der Waals surface area contributed by atoms with Crippen molar-refractivity contribution in [1.29, 1.82) is 0 Å². The summed E-state index contributed by atoms with van der Waals surface area (Å²) < 4.78 is 0. The minimum atomic E-state index is -1.00. The smallest absolute Gasteiger partial charge is 0.305 e. The normalized spacial score (nSPS) is 15.4. The first-order valence-electron chi connectivity index (χ1n) is 15.1. The fourth-order valence-corrected chi connectivity index (χ4v) is 5.93. The van der Waals surface area contributed by atoms with Gasteiger partial charge in [-0.05, 0) is 65.4 Å². The Bertz CT molecular complexity index is 1670. The van der Waals surface area contributed by atoms with Gasteiger partial charge in [-0.3, -0.25) is 24.7 Å². The second kappa shape index (κ2) is 13.1. The standard InChI is InChI=1S/C34H34N6O5/c41-33(42)21-30(28-7-4-13-35-22-28)39(34(43)25-9-10-25)23-24-5-3-6-26(19-24)27-11-12-29(31(20-27)40(44)45)37-15-17-38(18-16-37)32-8-1-2-14-36-32/h1-8,11-14,19-20,22,25,30H,9-10,15-18,21,23H2,(H,41,42). The summed E-state index contributed by atoms with van der Waals surface area (Å²) in [6.07, 6.45) is 6.32. The van der Waals surface area contributed by atoms with Crippen molar-refractivity contribution in [3.63, 3.8) is 0 Å². The SMILES string of the molecule is O=C(O)CC(c1cccnc1)N(Cc1cccc(-c2ccc(N3CCN(c4ccccn4)CC3)c([N+](=O)[O-])c2)c1)C(=O)C1CC1. The van der Waals surface area contributed by atoms with Crippen molar-refractivity contribution in [3.8, 4) is 11.1 Å². The summed E-state index contributed by atoms with van der Waals surface area (Å²) in [5, 5.41) is 22.0. The van der Waals surface area contributed by atoms with E-state index in [4.69, 9.17) is 0 Å². The maximum Gasteiger partial charge on any atom is 0.305 e. The molecule has 2 aromatic carbocycles. The van der Waals surface area contributed by atoms with E-state index in [0.717, 1.165) is 29.8 Å². The molecular formula is C34H34N6O5. The van der Waals surface area contributed by atoms with Crippen LogP contribution in [0.3, 0.4) is 0 Å². The molecule has 11 nitrogen and oxygen atoms in total. The molecule has 0 spiro atoms. The Labute approximate surface area is 260 Å². The number of carboxylic acids is 1. The van der Waals surface area contributed by atoms with Gasteiger partial charge in [0.15, 0.2) is 0 Å². The predicted octanol–water partition coefficient (Wildman–Crippen LogP) is 5.33. The van der Waals surface area contributed by atoms with Gasteiger partial charge in [-0.25, -0.2) is 4.98 Å². The zero-order valence-corrected chi connectivity index (χ0v) is 24.7. The molecular weight excluding hydrogens is 572 g/mol. The van der Waals surface area contributed by atoms with Crippen LogP contribution in [0.4, 0.5) is 17.2 Å². The zero-order valence-electron chi connectivity index (χ0n) is 24.7. The number of rotatable bonds is 11. The molecule has 11 heteroatoms. The van der Waals surface area contributed by atoms with Crippen LogP contribution < -0.4 is 9.80 Å². The molecule has 6 rings (SSSR count). The van der Waals surface area contributed by atoms with Gasteiger partial charge >= 0.3 is 5.97 Å². The van der Waals surface area contributed by atoms with Gasteiger partial charge in [-0.2, -0.15) is 0 Å². The Kier molecular flexibility index (Phi) is 8.68. The van der Waals surface area contributed by atoms with Crippen LogP contribution in [0.15, 0.2) is 91.4 Å². The molecule has 45 heavy (non-hydrogen) atoms. The number of amides is 1. The van der Waals surface area contributed by atoms with Crippen LogP contribution in [0.1, 0.15) is 36.4 Å². The highest BCUT2D eigenvalue weighted by atomic mass is 16.6. The van der Waals surface area contributed by atoms with E-state index in [9.17, 15) is 24.8 Å². The van der Waals surface area contributed by atoms with Crippen molar-refractivity contribution in [2.24, 2.45) is 5.92 Å². The Morgan fingerprint density at radius 1 is 0.933 bits per heavy atom. The summed E-state index contributed by atoms with van der Waals surface area (Å²) in [6.45, 7) is 2.87. The third-order valence-corrected chi connectivity index (χ3v) is 8.40. The van der Waals surface area contributed by atoms with E-state index in [1.165, 1.54) is 0 Å². The lowest BCUT2D eigenvalue weighted by atomic mass is 9.99. The molecule has 1 saturated heterocycles. The summed E-state index contributed by atoms with van der Waals surface area (Å²) in [5.74, 6) is -0.286. The summed E-state index contributed by atoms with van der Waals surface area (Å²) in [4.78, 5) is 51.7. The zero-order chi connectivity index (χ0) is 31.3. The van der Waals surface area contributed by atoms with E-state index in [1.54, 1.807) is 41.7 Å². The quantitative estimate of drug-likeness (QED) is 0.178. The van der Waals surface area contributed by atoms with Gasteiger partial charge in [-0.15, -0.1) is 0 Å². The largest absolute Gasteiger partial charge is 0.481 e. The first-order chi connectivity index (χ1) is 21.9. The molecule has 4 aromatic rings. The molecule has 0 radical (unpaired) electrons. The number of hydrogen-bond acceptors (Lipinski definition) is 8. The van der Waals surface area contributed by atoms with E-state index >= 15 is 0 Å². The number of nitro benzene ring substituents is 1. The molecule has 1 saturated carbocycles. The highest BCUT2D eigenvalue weighted by molar-refractivity contribution is 5.82. The number of carbonyl (C=O) groups is 2. The van der Waals surface area contributed by atoms with E-state index in [0.29, 0.717) is 43.0 Å². The summed E-state index contributed by atoms with van der Waals surface area (Å²) in [7, 11) is 0. The maximum absolute atomic E-state index is 13.5. The van der Waals surface area contributed by atoms with Gasteiger partial charge in [0.25, 0.3) is 5.69 Å². The van der Waals surface area contributed by atoms with Crippen molar-refractivity contribution < 1.29 is 19.6 Å². The van der Waals surface area contributed by atoms with E-state index in [2.05, 4.69) is 14.9 Å². The number of carboxylic acid groups (broad SMARTS) is 1. The van der Waals surface area contributed by atoms with Gasteiger partial charge in [0, 0.05) is 63.3 Å². The number of nitro groups is 1. The number of hydrogen-bond donors (Lipinski definition) is 1. The number of aliphatic carboxylic acids is 1. The van der Waals surface area contributed by atoms with Crippen molar-refractivity contribution in [1.82, 2.24) is 14.9 Å². The second-order valence-corrected chi connectivity index (χ2v) is 11.5. The van der Waals surface area contributed by atoms with Crippen LogP contribution in [0, 0.1) is 16.0 Å². The number of carbonyl (C=O) groups excluding carboxylic acids is 1. The molecule has 1 N–H and O–H groups in total. The second-order valence-electron chi connectivity index (χ2n) is 11.5. The summed E-state index contributed by atoms with van der Waals surface area (Å²) in [6, 6.07) is 21.5. The van der Waals surface area contributed by atoms with Crippen LogP contribution in [0.25, 0.3) is 11.1 Å². The Balaban J connectivity index is 1.24. The van der Waals surface area contributed by atoms with Gasteiger partial charge in [0.05, 0.1) is 17.4 Å². The number of piperazine rings is 1.